The molecular weight excluding hydrogens is 289 g/mol. The van der Waals surface area contributed by atoms with Crippen LogP contribution < -0.4 is 5.32 Å². The number of aromatic nitrogens is 2. The zero-order valence-corrected chi connectivity index (χ0v) is 9.73. The molecule has 72 valence electrons. The van der Waals surface area contributed by atoms with Crippen LogP contribution in [-0.4, -0.2) is 22.9 Å². The minimum absolute atomic E-state index is 0.545. The standard InChI is InChI=1S/C10H10IN3/c11-10-8-3-1-2-4-9(8)14(13-10)7-5-12-6-7/h1-4,7,12H,5-6H2. The van der Waals surface area contributed by atoms with Crippen molar-refractivity contribution in [3.63, 3.8) is 0 Å². The van der Waals surface area contributed by atoms with E-state index in [2.05, 4.69) is 62.0 Å². The van der Waals surface area contributed by atoms with E-state index in [1.807, 2.05) is 0 Å². The number of benzene rings is 1. The molecular formula is C10H10IN3. The van der Waals surface area contributed by atoms with E-state index in [1.54, 1.807) is 0 Å². The van der Waals surface area contributed by atoms with Crippen LogP contribution >= 0.6 is 22.6 Å². The first-order valence-corrected chi connectivity index (χ1v) is 5.77. The monoisotopic (exact) mass is 299 g/mol. The van der Waals surface area contributed by atoms with Crippen LogP contribution in [0.15, 0.2) is 24.3 Å². The second-order valence-corrected chi connectivity index (χ2v) is 4.59. The molecule has 0 unspecified atom stereocenters. The Morgan fingerprint density at radius 3 is 2.86 bits per heavy atom. The van der Waals surface area contributed by atoms with Crippen molar-refractivity contribution in [2.75, 3.05) is 13.1 Å². The van der Waals surface area contributed by atoms with Gasteiger partial charge in [0.1, 0.15) is 3.70 Å². The van der Waals surface area contributed by atoms with Crippen molar-refractivity contribution in [3.8, 4) is 0 Å². The van der Waals surface area contributed by atoms with Crippen molar-refractivity contribution < 1.29 is 0 Å². The molecule has 1 aliphatic rings. The molecule has 1 aromatic heterocycles. The lowest BCUT2D eigenvalue weighted by molar-refractivity contribution is 0.325. The van der Waals surface area contributed by atoms with Crippen LogP contribution in [0.3, 0.4) is 0 Å². The summed E-state index contributed by atoms with van der Waals surface area (Å²) in [6.45, 7) is 2.09. The minimum Gasteiger partial charge on any atom is -0.312 e. The minimum atomic E-state index is 0.545. The first-order chi connectivity index (χ1) is 6.86. The third-order valence-corrected chi connectivity index (χ3v) is 3.47. The number of halogens is 1. The van der Waals surface area contributed by atoms with Gasteiger partial charge in [-0.15, -0.1) is 0 Å². The van der Waals surface area contributed by atoms with Crippen molar-refractivity contribution in [2.24, 2.45) is 0 Å². The van der Waals surface area contributed by atoms with Crippen molar-refractivity contribution >= 4 is 33.5 Å². The Labute approximate surface area is 95.6 Å². The smallest absolute Gasteiger partial charge is 0.131 e. The summed E-state index contributed by atoms with van der Waals surface area (Å²) in [7, 11) is 0. The topological polar surface area (TPSA) is 29.9 Å². The molecule has 1 saturated heterocycles. The Bertz CT molecular complexity index is 473. The van der Waals surface area contributed by atoms with Crippen molar-refractivity contribution in [3.05, 3.63) is 28.0 Å². The third kappa shape index (κ3) is 1.17. The van der Waals surface area contributed by atoms with Gasteiger partial charge >= 0.3 is 0 Å². The van der Waals surface area contributed by atoms with Gasteiger partial charge in [0.15, 0.2) is 0 Å². The summed E-state index contributed by atoms with van der Waals surface area (Å²) >= 11 is 2.30. The molecule has 14 heavy (non-hydrogen) atoms. The molecule has 1 N–H and O–H groups in total. The maximum Gasteiger partial charge on any atom is 0.131 e. The summed E-state index contributed by atoms with van der Waals surface area (Å²) in [6, 6.07) is 8.96. The van der Waals surface area contributed by atoms with Crippen LogP contribution in [0.5, 0.6) is 0 Å². The van der Waals surface area contributed by atoms with Crippen LogP contribution in [0.1, 0.15) is 6.04 Å². The number of para-hydroxylation sites is 1. The molecule has 3 rings (SSSR count). The first-order valence-electron chi connectivity index (χ1n) is 4.70. The number of hydrogen-bond acceptors (Lipinski definition) is 2. The first kappa shape index (κ1) is 8.67. The van der Waals surface area contributed by atoms with Crippen LogP contribution in [0, 0.1) is 3.70 Å². The van der Waals surface area contributed by atoms with E-state index in [4.69, 9.17) is 0 Å². The van der Waals surface area contributed by atoms with E-state index in [9.17, 15) is 0 Å². The lowest BCUT2D eigenvalue weighted by Gasteiger charge is -2.27. The zero-order valence-electron chi connectivity index (χ0n) is 7.57. The number of rotatable bonds is 1. The summed E-state index contributed by atoms with van der Waals surface area (Å²) in [6.07, 6.45) is 0. The molecule has 1 fully saturated rings. The van der Waals surface area contributed by atoms with Crippen molar-refractivity contribution in [1.29, 1.82) is 0 Å². The van der Waals surface area contributed by atoms with E-state index in [1.165, 1.54) is 10.9 Å². The molecule has 1 aromatic carbocycles. The van der Waals surface area contributed by atoms with Gasteiger partial charge < -0.3 is 5.32 Å². The van der Waals surface area contributed by atoms with Gasteiger partial charge in [0.2, 0.25) is 0 Å². The molecule has 4 heteroatoms. The average molecular weight is 299 g/mol. The highest BCUT2D eigenvalue weighted by Gasteiger charge is 2.22. The van der Waals surface area contributed by atoms with Gasteiger partial charge in [-0.2, -0.15) is 5.10 Å². The molecule has 3 nitrogen and oxygen atoms in total. The van der Waals surface area contributed by atoms with E-state index < -0.39 is 0 Å². The Kier molecular flexibility index (Phi) is 1.98. The number of nitrogens with zero attached hydrogens (tertiary/aromatic N) is 2. The van der Waals surface area contributed by atoms with Crippen LogP contribution in [0.4, 0.5) is 0 Å². The summed E-state index contributed by atoms with van der Waals surface area (Å²) in [5.74, 6) is 0. The molecule has 1 aliphatic heterocycles. The van der Waals surface area contributed by atoms with Gasteiger partial charge in [-0.3, -0.25) is 4.68 Å². The molecule has 0 atom stereocenters. The average Bonchev–Trinajstić information content (AvgIpc) is 2.43. The van der Waals surface area contributed by atoms with Gasteiger partial charge in [-0.1, -0.05) is 18.2 Å². The lowest BCUT2D eigenvalue weighted by atomic mass is 10.2. The molecule has 2 aromatic rings. The Morgan fingerprint density at radius 2 is 2.14 bits per heavy atom. The van der Waals surface area contributed by atoms with E-state index in [0.717, 1.165) is 16.8 Å². The maximum atomic E-state index is 4.58. The summed E-state index contributed by atoms with van der Waals surface area (Å²) in [5.41, 5.74) is 1.25. The second-order valence-electron chi connectivity index (χ2n) is 3.56. The fraction of sp³-hybridized carbons (Fsp3) is 0.300. The zero-order chi connectivity index (χ0) is 9.54. The van der Waals surface area contributed by atoms with Gasteiger partial charge in [0.05, 0.1) is 11.6 Å². The van der Waals surface area contributed by atoms with Crippen LogP contribution in [-0.2, 0) is 0 Å². The quantitative estimate of drug-likeness (QED) is 0.814. The molecule has 0 radical (unpaired) electrons. The van der Waals surface area contributed by atoms with E-state index >= 15 is 0 Å². The van der Waals surface area contributed by atoms with E-state index in [-0.39, 0.29) is 0 Å². The van der Waals surface area contributed by atoms with Crippen molar-refractivity contribution in [1.82, 2.24) is 15.1 Å². The maximum absolute atomic E-state index is 4.58. The highest BCUT2D eigenvalue weighted by atomic mass is 127. The van der Waals surface area contributed by atoms with Crippen molar-refractivity contribution in [2.45, 2.75) is 6.04 Å². The molecule has 0 saturated carbocycles. The highest BCUT2D eigenvalue weighted by molar-refractivity contribution is 14.1. The number of nitrogens with one attached hydrogen (secondary N) is 1. The van der Waals surface area contributed by atoms with Gasteiger partial charge in [0, 0.05) is 18.5 Å². The highest BCUT2D eigenvalue weighted by Crippen LogP contribution is 2.24. The SMILES string of the molecule is Ic1nn(C2CNC2)c2ccccc12. The predicted molar refractivity (Wildman–Crippen MR) is 64.4 cm³/mol. The van der Waals surface area contributed by atoms with Gasteiger partial charge in [-0.25, -0.2) is 0 Å². The molecule has 0 bridgehead atoms. The van der Waals surface area contributed by atoms with Gasteiger partial charge in [-0.05, 0) is 28.7 Å². The summed E-state index contributed by atoms with van der Waals surface area (Å²) in [5, 5.41) is 9.11. The number of hydrogen-bond donors (Lipinski definition) is 1. The van der Waals surface area contributed by atoms with Gasteiger partial charge in [0.25, 0.3) is 0 Å². The molecule has 0 amide bonds. The fourth-order valence-corrected chi connectivity index (χ4v) is 2.46. The van der Waals surface area contributed by atoms with Crippen LogP contribution in [0.2, 0.25) is 0 Å². The lowest BCUT2D eigenvalue weighted by Crippen LogP contribution is -2.43. The normalized spacial score (nSPS) is 17.2. The second kappa shape index (κ2) is 3.20. The number of fused-ring (bicyclic) bond motifs is 1. The predicted octanol–water partition coefficient (Wildman–Crippen LogP) is 1.79. The summed E-state index contributed by atoms with van der Waals surface area (Å²) < 4.78 is 3.25. The molecule has 2 heterocycles. The Hall–Kier alpha value is -0.620. The molecule has 0 aliphatic carbocycles. The third-order valence-electron chi connectivity index (χ3n) is 2.67. The summed E-state index contributed by atoms with van der Waals surface area (Å²) in [4.78, 5) is 0. The molecule has 0 spiro atoms. The largest absolute Gasteiger partial charge is 0.312 e. The van der Waals surface area contributed by atoms with E-state index in [0.29, 0.717) is 6.04 Å². The fourth-order valence-electron chi connectivity index (χ4n) is 1.77. The Morgan fingerprint density at radius 1 is 1.36 bits per heavy atom. The van der Waals surface area contributed by atoms with Crippen LogP contribution in [0.25, 0.3) is 10.9 Å². The Balaban J connectivity index is 2.23.